The van der Waals surface area contributed by atoms with Gasteiger partial charge in [0, 0.05) is 6.42 Å². The van der Waals surface area contributed by atoms with Gasteiger partial charge in [-0.2, -0.15) is 0 Å². The predicted molar refractivity (Wildman–Crippen MR) is 59.8 cm³/mol. The van der Waals surface area contributed by atoms with Gasteiger partial charge in [0.05, 0.1) is 0 Å². The van der Waals surface area contributed by atoms with Crippen LogP contribution in [0.25, 0.3) is 0 Å². The van der Waals surface area contributed by atoms with E-state index in [1.54, 1.807) is 0 Å². The highest BCUT2D eigenvalue weighted by molar-refractivity contribution is 7.15. The Balaban J connectivity index is 1.84. The molecule has 1 N–H and O–H groups in total. The van der Waals surface area contributed by atoms with Crippen LogP contribution in [0.2, 0.25) is 0 Å². The molecule has 1 atom stereocenters. The molecule has 0 aromatic carbocycles. The van der Waals surface area contributed by atoms with E-state index in [0.29, 0.717) is 17.5 Å². The number of carbonyl (C=O) groups excluding carboxylic acids is 1. The lowest BCUT2D eigenvalue weighted by Gasteiger charge is -2.05. The number of aromatic nitrogens is 2. The van der Waals surface area contributed by atoms with Gasteiger partial charge in [-0.25, -0.2) is 0 Å². The smallest absolute Gasteiger partial charge is 0.226 e. The Kier molecular flexibility index (Phi) is 3.11. The van der Waals surface area contributed by atoms with Crippen molar-refractivity contribution in [3.8, 4) is 0 Å². The van der Waals surface area contributed by atoms with Crippen molar-refractivity contribution in [2.45, 2.75) is 26.2 Å². The maximum atomic E-state index is 11.6. The molecule has 1 amide bonds. The first-order valence-electron chi connectivity index (χ1n) is 5.00. The summed E-state index contributed by atoms with van der Waals surface area (Å²) >= 11 is 1.40. The topological polar surface area (TPSA) is 54.9 Å². The monoisotopic (exact) mass is 223 g/mol. The zero-order valence-electron chi connectivity index (χ0n) is 8.56. The van der Waals surface area contributed by atoms with Crippen LogP contribution in [0.3, 0.4) is 0 Å². The van der Waals surface area contributed by atoms with Crippen LogP contribution in [0, 0.1) is 12.8 Å². The highest BCUT2D eigenvalue weighted by Gasteiger charge is 2.14. The number of anilines is 1. The van der Waals surface area contributed by atoms with Crippen molar-refractivity contribution in [2.75, 3.05) is 5.32 Å². The van der Waals surface area contributed by atoms with Crippen molar-refractivity contribution in [1.29, 1.82) is 0 Å². The number of nitrogens with zero attached hydrogens (tertiary/aromatic N) is 2. The highest BCUT2D eigenvalue weighted by Crippen LogP contribution is 2.21. The highest BCUT2D eigenvalue weighted by atomic mass is 32.1. The Morgan fingerprint density at radius 2 is 2.53 bits per heavy atom. The van der Waals surface area contributed by atoms with Gasteiger partial charge in [-0.3, -0.25) is 4.79 Å². The number of carbonyl (C=O) groups is 1. The van der Waals surface area contributed by atoms with E-state index < -0.39 is 0 Å². The van der Waals surface area contributed by atoms with Gasteiger partial charge in [0.25, 0.3) is 0 Å². The minimum Gasteiger partial charge on any atom is -0.301 e. The number of hydrogen-bond donors (Lipinski definition) is 1. The van der Waals surface area contributed by atoms with E-state index in [9.17, 15) is 4.79 Å². The molecule has 1 aromatic rings. The van der Waals surface area contributed by atoms with Crippen molar-refractivity contribution in [2.24, 2.45) is 5.92 Å². The summed E-state index contributed by atoms with van der Waals surface area (Å²) in [5.41, 5.74) is 0. The second kappa shape index (κ2) is 4.53. The fourth-order valence-electron chi connectivity index (χ4n) is 1.62. The number of hydrogen-bond acceptors (Lipinski definition) is 4. The number of aryl methyl sites for hydroxylation is 1. The van der Waals surface area contributed by atoms with Gasteiger partial charge in [-0.05, 0) is 25.7 Å². The average molecular weight is 223 g/mol. The van der Waals surface area contributed by atoms with Crippen LogP contribution in [0.5, 0.6) is 0 Å². The van der Waals surface area contributed by atoms with E-state index in [-0.39, 0.29) is 5.91 Å². The van der Waals surface area contributed by atoms with Crippen molar-refractivity contribution in [1.82, 2.24) is 10.2 Å². The number of allylic oxidation sites excluding steroid dienone is 2. The normalized spacial score (nSPS) is 19.4. The van der Waals surface area contributed by atoms with Gasteiger partial charge in [-0.1, -0.05) is 23.5 Å². The fourth-order valence-corrected chi connectivity index (χ4v) is 2.23. The van der Waals surface area contributed by atoms with Crippen molar-refractivity contribution in [3.05, 3.63) is 17.2 Å². The van der Waals surface area contributed by atoms with E-state index >= 15 is 0 Å². The molecule has 1 aliphatic carbocycles. The summed E-state index contributed by atoms with van der Waals surface area (Å²) in [6.45, 7) is 1.87. The van der Waals surface area contributed by atoms with E-state index in [1.807, 2.05) is 6.92 Å². The third kappa shape index (κ3) is 2.86. The van der Waals surface area contributed by atoms with Gasteiger partial charge < -0.3 is 5.32 Å². The van der Waals surface area contributed by atoms with Gasteiger partial charge in [0.15, 0.2) is 0 Å². The molecule has 0 aliphatic heterocycles. The molecule has 0 saturated carbocycles. The number of nitrogens with one attached hydrogen (secondary N) is 1. The molecule has 0 saturated heterocycles. The Labute approximate surface area is 92.4 Å². The number of rotatable bonds is 3. The molecule has 1 heterocycles. The summed E-state index contributed by atoms with van der Waals surface area (Å²) in [7, 11) is 0. The standard InChI is InChI=1S/C10H13N3OS/c1-7-12-13-10(15-7)11-9(14)6-8-4-2-3-5-8/h2,4,8H,3,5-6H2,1H3,(H,11,13,14)/t8-/m0/s1. The molecule has 15 heavy (non-hydrogen) atoms. The molecule has 4 nitrogen and oxygen atoms in total. The molecular formula is C10H13N3OS. The van der Waals surface area contributed by atoms with Crippen molar-refractivity contribution in [3.63, 3.8) is 0 Å². The SMILES string of the molecule is Cc1nnc(NC(=O)C[C@H]2C=CCC2)s1. The van der Waals surface area contributed by atoms with Gasteiger partial charge in [0.2, 0.25) is 11.0 Å². The lowest BCUT2D eigenvalue weighted by Crippen LogP contribution is -2.14. The molecular weight excluding hydrogens is 210 g/mol. The van der Waals surface area contributed by atoms with E-state index in [2.05, 4.69) is 27.7 Å². The first-order chi connectivity index (χ1) is 7.24. The maximum Gasteiger partial charge on any atom is 0.226 e. The Hall–Kier alpha value is -1.23. The molecule has 1 aromatic heterocycles. The third-order valence-electron chi connectivity index (χ3n) is 2.33. The largest absolute Gasteiger partial charge is 0.301 e. The molecule has 5 heteroatoms. The summed E-state index contributed by atoms with van der Waals surface area (Å²) in [6, 6.07) is 0. The first-order valence-corrected chi connectivity index (χ1v) is 5.82. The van der Waals surface area contributed by atoms with Gasteiger partial charge in [-0.15, -0.1) is 10.2 Å². The summed E-state index contributed by atoms with van der Waals surface area (Å²) in [4.78, 5) is 11.6. The van der Waals surface area contributed by atoms with Crippen LogP contribution in [0.4, 0.5) is 5.13 Å². The minimum atomic E-state index is 0.0303. The molecule has 0 radical (unpaired) electrons. The van der Waals surface area contributed by atoms with Crippen LogP contribution >= 0.6 is 11.3 Å². The first kappa shape index (κ1) is 10.3. The molecule has 0 bridgehead atoms. The molecule has 1 aliphatic rings. The lowest BCUT2D eigenvalue weighted by atomic mass is 10.1. The predicted octanol–water partition coefficient (Wildman–Crippen LogP) is 2.14. The quantitative estimate of drug-likeness (QED) is 0.799. The average Bonchev–Trinajstić information content (AvgIpc) is 2.77. The molecule has 0 fully saturated rings. The lowest BCUT2D eigenvalue weighted by molar-refractivity contribution is -0.116. The molecule has 0 spiro atoms. The minimum absolute atomic E-state index is 0.0303. The molecule has 2 rings (SSSR count). The maximum absolute atomic E-state index is 11.6. The van der Waals surface area contributed by atoms with Crippen LogP contribution < -0.4 is 5.32 Å². The van der Waals surface area contributed by atoms with E-state index in [4.69, 9.17) is 0 Å². The fraction of sp³-hybridized carbons (Fsp3) is 0.500. The summed E-state index contributed by atoms with van der Waals surface area (Å²) in [5.74, 6) is 0.432. The van der Waals surface area contributed by atoms with Crippen LogP contribution in [0.15, 0.2) is 12.2 Å². The Bertz CT molecular complexity index is 386. The zero-order valence-corrected chi connectivity index (χ0v) is 9.38. The van der Waals surface area contributed by atoms with Crippen molar-refractivity contribution < 1.29 is 4.79 Å². The molecule has 80 valence electrons. The third-order valence-corrected chi connectivity index (χ3v) is 3.09. The second-order valence-corrected chi connectivity index (χ2v) is 4.83. The number of amides is 1. The second-order valence-electron chi connectivity index (χ2n) is 3.64. The Morgan fingerprint density at radius 3 is 3.13 bits per heavy atom. The van der Waals surface area contributed by atoms with Crippen molar-refractivity contribution >= 4 is 22.4 Å². The van der Waals surface area contributed by atoms with Crippen LogP contribution in [-0.4, -0.2) is 16.1 Å². The summed E-state index contributed by atoms with van der Waals surface area (Å²) in [6.07, 6.45) is 6.98. The van der Waals surface area contributed by atoms with Gasteiger partial charge >= 0.3 is 0 Å². The molecule has 0 unspecified atom stereocenters. The summed E-state index contributed by atoms with van der Waals surface area (Å²) in [5, 5.41) is 11.9. The van der Waals surface area contributed by atoms with Crippen LogP contribution in [-0.2, 0) is 4.79 Å². The zero-order chi connectivity index (χ0) is 10.7. The van der Waals surface area contributed by atoms with Crippen LogP contribution in [0.1, 0.15) is 24.3 Å². The Morgan fingerprint density at radius 1 is 1.67 bits per heavy atom. The van der Waals surface area contributed by atoms with E-state index in [1.165, 1.54) is 11.3 Å². The van der Waals surface area contributed by atoms with Gasteiger partial charge in [0.1, 0.15) is 5.01 Å². The summed E-state index contributed by atoms with van der Waals surface area (Å²) < 4.78 is 0. The van der Waals surface area contributed by atoms with E-state index in [0.717, 1.165) is 17.8 Å².